The van der Waals surface area contributed by atoms with Gasteiger partial charge in [0, 0.05) is 25.6 Å². The van der Waals surface area contributed by atoms with Crippen molar-refractivity contribution in [2.45, 2.75) is 17.9 Å². The summed E-state index contributed by atoms with van der Waals surface area (Å²) in [4.78, 5) is 11.8. The van der Waals surface area contributed by atoms with Crippen LogP contribution in [0.25, 0.3) is 0 Å². The number of benzene rings is 1. The van der Waals surface area contributed by atoms with Gasteiger partial charge in [0.2, 0.25) is 0 Å². The summed E-state index contributed by atoms with van der Waals surface area (Å²) in [5, 5.41) is 28.2. The number of carbonyl (C=O) groups is 1. The molecule has 1 heterocycles. The summed E-state index contributed by atoms with van der Waals surface area (Å²) in [6, 6.07) is 5.99. The lowest BCUT2D eigenvalue weighted by Crippen LogP contribution is -2.54. The minimum absolute atomic E-state index is 0.136. The van der Waals surface area contributed by atoms with Crippen molar-refractivity contribution in [3.05, 3.63) is 29.8 Å². The van der Waals surface area contributed by atoms with E-state index in [1.165, 1.54) is 18.2 Å². The predicted molar refractivity (Wildman–Crippen MR) is 95.7 cm³/mol. The van der Waals surface area contributed by atoms with Crippen molar-refractivity contribution in [2.24, 2.45) is 11.5 Å². The van der Waals surface area contributed by atoms with Crippen molar-refractivity contribution in [1.82, 2.24) is 9.03 Å². The van der Waals surface area contributed by atoms with Gasteiger partial charge < -0.3 is 26.6 Å². The molecule has 2 rings (SSSR count). The lowest BCUT2D eigenvalue weighted by Gasteiger charge is -2.26. The maximum absolute atomic E-state index is 12.4. The molecule has 1 saturated heterocycles. The molecule has 26 heavy (non-hydrogen) atoms. The van der Waals surface area contributed by atoms with Gasteiger partial charge in [0.25, 0.3) is 10.2 Å². The predicted octanol–water partition coefficient (Wildman–Crippen LogP) is -3.27. The molecule has 0 saturated carbocycles. The molecular weight excluding hydrogens is 363 g/mol. The van der Waals surface area contributed by atoms with Crippen molar-refractivity contribution in [3.8, 4) is 0 Å². The average Bonchev–Trinajstić information content (AvgIpc) is 2.95. The van der Waals surface area contributed by atoms with E-state index < -0.39 is 41.3 Å². The summed E-state index contributed by atoms with van der Waals surface area (Å²) in [5.41, 5.74) is 10.1. The number of nitrogens with two attached hydrogens (primary N) is 2. The van der Waals surface area contributed by atoms with E-state index in [9.17, 15) is 28.4 Å². The maximum Gasteiger partial charge on any atom is 0.488 e. The first-order valence-corrected chi connectivity index (χ1v) is 9.49. The summed E-state index contributed by atoms with van der Waals surface area (Å²) in [6.45, 7) is -0.100. The summed E-state index contributed by atoms with van der Waals surface area (Å²) >= 11 is 0. The molecule has 1 fully saturated rings. The Hall–Kier alpha value is -1.54. The highest BCUT2D eigenvalue weighted by Crippen LogP contribution is 2.35. The second-order valence-corrected chi connectivity index (χ2v) is 8.03. The molecule has 1 aromatic rings. The first kappa shape index (κ1) is 20.8. The van der Waals surface area contributed by atoms with E-state index in [0.29, 0.717) is 18.5 Å². The number of carboxylic acids is 1. The zero-order chi connectivity index (χ0) is 19.5. The Balaban J connectivity index is 2.33. The molecule has 0 unspecified atom stereocenters. The Morgan fingerprint density at radius 1 is 1.42 bits per heavy atom. The number of hydrogen-bond acceptors (Lipinski definition) is 7. The minimum atomic E-state index is -3.92. The van der Waals surface area contributed by atoms with Crippen LogP contribution in [0.3, 0.4) is 0 Å². The highest BCUT2D eigenvalue weighted by molar-refractivity contribution is 7.87. The van der Waals surface area contributed by atoms with Gasteiger partial charge in [0.1, 0.15) is 5.54 Å². The average molecular weight is 386 g/mol. The van der Waals surface area contributed by atoms with Gasteiger partial charge in [-0.15, -0.1) is 0 Å². The Bertz CT molecular complexity index is 762. The van der Waals surface area contributed by atoms with E-state index in [1.54, 1.807) is 6.07 Å². The van der Waals surface area contributed by atoms with Gasteiger partial charge in [-0.25, -0.2) is 4.72 Å². The fourth-order valence-electron chi connectivity index (χ4n) is 2.97. The van der Waals surface area contributed by atoms with Crippen molar-refractivity contribution in [1.29, 1.82) is 0 Å². The van der Waals surface area contributed by atoms with E-state index in [-0.39, 0.29) is 18.6 Å². The largest absolute Gasteiger partial charge is 0.488 e. The summed E-state index contributed by atoms with van der Waals surface area (Å²) < 4.78 is 28.2. The fraction of sp³-hybridized carbons (Fsp3) is 0.500. The minimum Gasteiger partial charge on any atom is -0.480 e. The third kappa shape index (κ3) is 4.23. The Kier molecular flexibility index (Phi) is 6.39. The van der Waals surface area contributed by atoms with Crippen LogP contribution in [0.2, 0.25) is 0 Å². The third-order valence-corrected chi connectivity index (χ3v) is 5.99. The van der Waals surface area contributed by atoms with Crippen LogP contribution in [0.5, 0.6) is 0 Å². The molecule has 144 valence electrons. The molecule has 0 aliphatic carbocycles. The van der Waals surface area contributed by atoms with E-state index >= 15 is 0 Å². The molecule has 2 atom stereocenters. The Morgan fingerprint density at radius 3 is 2.69 bits per heavy atom. The number of aliphatic carboxylic acids is 1. The van der Waals surface area contributed by atoms with Crippen LogP contribution < -0.4 is 21.7 Å². The van der Waals surface area contributed by atoms with Gasteiger partial charge in [-0.1, -0.05) is 24.3 Å². The van der Waals surface area contributed by atoms with Gasteiger partial charge >= 0.3 is 13.1 Å². The summed E-state index contributed by atoms with van der Waals surface area (Å²) in [7, 11) is -5.65. The Labute approximate surface area is 152 Å². The monoisotopic (exact) mass is 386 g/mol. The topological polar surface area (TPSA) is 179 Å². The zero-order valence-corrected chi connectivity index (χ0v) is 14.9. The molecule has 0 spiro atoms. The smallest absolute Gasteiger partial charge is 0.480 e. The summed E-state index contributed by atoms with van der Waals surface area (Å²) in [5.74, 6) is -2.19. The lowest BCUT2D eigenvalue weighted by molar-refractivity contribution is -0.143. The highest BCUT2D eigenvalue weighted by Gasteiger charge is 2.53. The van der Waals surface area contributed by atoms with Crippen LogP contribution in [-0.4, -0.2) is 72.7 Å². The summed E-state index contributed by atoms with van der Waals surface area (Å²) in [6.07, 6.45) is 0.444. The molecule has 0 amide bonds. The highest BCUT2D eigenvalue weighted by atomic mass is 32.2. The zero-order valence-electron chi connectivity index (χ0n) is 14.1. The van der Waals surface area contributed by atoms with Gasteiger partial charge in [0.15, 0.2) is 0 Å². The van der Waals surface area contributed by atoms with E-state index in [0.717, 1.165) is 4.31 Å². The number of nitrogens with one attached hydrogen (secondary N) is 1. The molecule has 0 radical (unpaired) electrons. The van der Waals surface area contributed by atoms with E-state index in [4.69, 9.17) is 11.5 Å². The fourth-order valence-corrected chi connectivity index (χ4v) is 4.28. The molecule has 12 heteroatoms. The van der Waals surface area contributed by atoms with E-state index in [1.807, 2.05) is 0 Å². The first-order valence-electron chi connectivity index (χ1n) is 8.05. The first-order chi connectivity index (χ1) is 12.1. The second kappa shape index (κ2) is 8.00. The molecular formula is C14H23BN4O6S. The molecule has 0 bridgehead atoms. The van der Waals surface area contributed by atoms with Crippen molar-refractivity contribution in [2.75, 3.05) is 26.2 Å². The van der Waals surface area contributed by atoms with Crippen LogP contribution in [-0.2, 0) is 15.0 Å². The standard InChI is InChI=1S/C14H23BN4O6S/c16-5-2-6-18-26(24,25)19-8-12(14(17,9-19)13(20)21)10-3-1-4-11(7-10)15(22)23/h1,3-4,7,12,18,22-23H,2,5-6,8-9,16-17H2,(H,20,21)/t12-,14+/m1/s1. The van der Waals surface area contributed by atoms with Crippen LogP contribution in [0, 0.1) is 0 Å². The Morgan fingerprint density at radius 2 is 2.12 bits per heavy atom. The van der Waals surface area contributed by atoms with Gasteiger partial charge in [-0.2, -0.15) is 12.7 Å². The number of rotatable bonds is 8. The molecule has 0 aromatic heterocycles. The van der Waals surface area contributed by atoms with Gasteiger partial charge in [-0.3, -0.25) is 4.79 Å². The second-order valence-electron chi connectivity index (χ2n) is 6.28. The quantitative estimate of drug-likeness (QED) is 0.199. The normalized spacial score (nSPS) is 23.9. The molecule has 1 aliphatic rings. The number of nitrogens with zero attached hydrogens (tertiary/aromatic N) is 1. The SMILES string of the molecule is NCCCNS(=O)(=O)N1C[C@H](c2cccc(B(O)O)c2)[C@](N)(C(=O)O)C1. The van der Waals surface area contributed by atoms with Crippen molar-refractivity contribution >= 4 is 28.8 Å². The molecule has 1 aliphatic heterocycles. The van der Waals surface area contributed by atoms with Crippen LogP contribution in [0.1, 0.15) is 17.9 Å². The number of hydrogen-bond donors (Lipinski definition) is 6. The van der Waals surface area contributed by atoms with Crippen molar-refractivity contribution in [3.63, 3.8) is 0 Å². The molecule has 1 aromatic carbocycles. The molecule has 8 N–H and O–H groups in total. The van der Waals surface area contributed by atoms with Crippen molar-refractivity contribution < 1.29 is 28.4 Å². The van der Waals surface area contributed by atoms with E-state index in [2.05, 4.69) is 4.72 Å². The third-order valence-electron chi connectivity index (χ3n) is 4.46. The lowest BCUT2D eigenvalue weighted by atomic mass is 9.76. The van der Waals surface area contributed by atoms with Gasteiger partial charge in [0.05, 0.1) is 0 Å². The molecule has 10 nitrogen and oxygen atoms in total. The van der Waals surface area contributed by atoms with Crippen LogP contribution >= 0.6 is 0 Å². The number of carboxylic acid groups (broad SMARTS) is 1. The van der Waals surface area contributed by atoms with Crippen LogP contribution in [0.4, 0.5) is 0 Å². The van der Waals surface area contributed by atoms with Crippen LogP contribution in [0.15, 0.2) is 24.3 Å². The maximum atomic E-state index is 12.4. The van der Waals surface area contributed by atoms with Gasteiger partial charge in [-0.05, 0) is 24.0 Å².